The lowest BCUT2D eigenvalue weighted by atomic mass is 9.78. The van der Waals surface area contributed by atoms with Gasteiger partial charge in [0, 0.05) is 6.04 Å². The maximum absolute atomic E-state index is 11.8. The number of piperidine rings is 1. The van der Waals surface area contributed by atoms with Crippen molar-refractivity contribution in [3.63, 3.8) is 0 Å². The average Bonchev–Trinajstić information content (AvgIpc) is 2.37. The van der Waals surface area contributed by atoms with Gasteiger partial charge in [0.25, 0.3) is 5.91 Å². The topological polar surface area (TPSA) is 87.7 Å². The second-order valence-electron chi connectivity index (χ2n) is 5.10. The van der Waals surface area contributed by atoms with Crippen LogP contribution in [0.3, 0.4) is 0 Å². The molecule has 0 aromatic carbocycles. The quantitative estimate of drug-likeness (QED) is 0.635. The number of fused-ring (bicyclic) bond motifs is 1. The third-order valence-electron chi connectivity index (χ3n) is 3.84. The Morgan fingerprint density at radius 1 is 1.22 bits per heavy atom. The maximum Gasteiger partial charge on any atom is 0.332 e. The molecule has 2 fully saturated rings. The lowest BCUT2D eigenvalue weighted by Crippen LogP contribution is -2.55. The van der Waals surface area contributed by atoms with Crippen LogP contribution in [-0.2, 0) is 14.4 Å². The Morgan fingerprint density at radius 3 is 2.78 bits per heavy atom. The van der Waals surface area contributed by atoms with Crippen LogP contribution in [-0.4, -0.2) is 35.7 Å². The highest BCUT2D eigenvalue weighted by Crippen LogP contribution is 2.32. The molecule has 6 heteroatoms. The maximum atomic E-state index is 11.8. The smallest absolute Gasteiger partial charge is 0.332 e. The van der Waals surface area contributed by atoms with Gasteiger partial charge < -0.3 is 10.4 Å². The fourth-order valence-electron chi connectivity index (χ4n) is 2.94. The molecule has 1 saturated carbocycles. The summed E-state index contributed by atoms with van der Waals surface area (Å²) in [6, 6.07) is 0.181. The molecule has 0 aromatic rings. The van der Waals surface area contributed by atoms with Gasteiger partial charge in [-0.2, -0.15) is 0 Å². The molecule has 0 bridgehead atoms. The highest BCUT2D eigenvalue weighted by atomic mass is 16.7. The normalized spacial score (nSPS) is 31.4. The van der Waals surface area contributed by atoms with Crippen molar-refractivity contribution in [1.82, 2.24) is 10.8 Å². The molecule has 18 heavy (non-hydrogen) atoms. The Hall–Kier alpha value is -1.14. The third kappa shape index (κ3) is 3.43. The van der Waals surface area contributed by atoms with Crippen molar-refractivity contribution >= 4 is 11.9 Å². The Bertz CT molecular complexity index is 321. The van der Waals surface area contributed by atoms with E-state index in [-0.39, 0.29) is 11.9 Å². The summed E-state index contributed by atoms with van der Waals surface area (Å²) in [7, 11) is 0. The number of rotatable bonds is 4. The number of amides is 1. The van der Waals surface area contributed by atoms with Crippen molar-refractivity contribution in [3.8, 4) is 0 Å². The fourth-order valence-corrected chi connectivity index (χ4v) is 2.94. The molecule has 2 aliphatic rings. The summed E-state index contributed by atoms with van der Waals surface area (Å²) in [5, 5.41) is 11.8. The lowest BCUT2D eigenvalue weighted by Gasteiger charge is -2.39. The second-order valence-corrected chi connectivity index (χ2v) is 5.10. The predicted molar refractivity (Wildman–Crippen MR) is 63.6 cm³/mol. The lowest BCUT2D eigenvalue weighted by molar-refractivity contribution is -0.150. The van der Waals surface area contributed by atoms with E-state index in [1.165, 1.54) is 19.3 Å². The van der Waals surface area contributed by atoms with Crippen LogP contribution in [0.1, 0.15) is 38.5 Å². The molecule has 1 amide bonds. The molecule has 2 rings (SSSR count). The van der Waals surface area contributed by atoms with Gasteiger partial charge in [-0.1, -0.05) is 12.8 Å². The molecular weight excluding hydrogens is 236 g/mol. The van der Waals surface area contributed by atoms with Gasteiger partial charge in [-0.15, -0.1) is 0 Å². The van der Waals surface area contributed by atoms with E-state index in [9.17, 15) is 9.59 Å². The molecule has 0 spiro atoms. The Kier molecular flexibility index (Phi) is 4.54. The van der Waals surface area contributed by atoms with E-state index in [1.54, 1.807) is 0 Å². The van der Waals surface area contributed by atoms with Crippen LogP contribution in [0.25, 0.3) is 0 Å². The number of hydrogen-bond donors (Lipinski definition) is 3. The molecule has 102 valence electrons. The summed E-state index contributed by atoms with van der Waals surface area (Å²) < 4.78 is 0. The van der Waals surface area contributed by atoms with Crippen molar-refractivity contribution < 1.29 is 19.5 Å². The molecule has 0 radical (unpaired) electrons. The van der Waals surface area contributed by atoms with Gasteiger partial charge in [0.2, 0.25) is 0 Å². The molecule has 6 nitrogen and oxygen atoms in total. The largest absolute Gasteiger partial charge is 0.479 e. The van der Waals surface area contributed by atoms with Crippen molar-refractivity contribution in [2.24, 2.45) is 5.92 Å². The molecule has 0 aromatic heterocycles. The zero-order valence-electron chi connectivity index (χ0n) is 10.4. The molecule has 3 unspecified atom stereocenters. The number of carboxylic acids is 1. The number of aliphatic carboxylic acids is 1. The van der Waals surface area contributed by atoms with Crippen molar-refractivity contribution in [3.05, 3.63) is 0 Å². The van der Waals surface area contributed by atoms with Gasteiger partial charge in [-0.3, -0.25) is 9.63 Å². The molecule has 3 N–H and O–H groups in total. The van der Waals surface area contributed by atoms with E-state index in [0.717, 1.165) is 19.3 Å². The van der Waals surface area contributed by atoms with Gasteiger partial charge >= 0.3 is 5.97 Å². The first-order chi connectivity index (χ1) is 8.66. The number of hydroxylamine groups is 1. The monoisotopic (exact) mass is 256 g/mol. The van der Waals surface area contributed by atoms with Crippen LogP contribution in [0, 0.1) is 5.92 Å². The van der Waals surface area contributed by atoms with E-state index in [0.29, 0.717) is 12.0 Å². The number of carboxylic acid groups (broad SMARTS) is 1. The first-order valence-electron chi connectivity index (χ1n) is 6.56. The second kappa shape index (κ2) is 6.15. The third-order valence-corrected chi connectivity index (χ3v) is 3.84. The number of nitrogens with one attached hydrogen (secondary N) is 2. The summed E-state index contributed by atoms with van der Waals surface area (Å²) in [5.74, 6) is -0.665. The van der Waals surface area contributed by atoms with Crippen molar-refractivity contribution in [2.75, 3.05) is 6.61 Å². The van der Waals surface area contributed by atoms with Gasteiger partial charge in [-0.05, 0) is 31.6 Å². The molecule has 1 heterocycles. The summed E-state index contributed by atoms with van der Waals surface area (Å²) >= 11 is 0. The number of hydrogen-bond acceptors (Lipinski definition) is 4. The zero-order chi connectivity index (χ0) is 13.0. The predicted octanol–water partition coefficient (Wildman–Crippen LogP) is 0.430. The van der Waals surface area contributed by atoms with E-state index >= 15 is 0 Å². The first kappa shape index (κ1) is 13.3. The van der Waals surface area contributed by atoms with E-state index in [4.69, 9.17) is 5.11 Å². The van der Waals surface area contributed by atoms with Gasteiger partial charge in [-0.25, -0.2) is 10.3 Å². The van der Waals surface area contributed by atoms with Gasteiger partial charge in [0.05, 0.1) is 6.04 Å². The van der Waals surface area contributed by atoms with Crippen LogP contribution in [0.15, 0.2) is 0 Å². The standard InChI is InChI=1S/C12H20N2O4/c15-11(16)7-18-14-12(17)10-6-5-8-3-1-2-4-9(8)13-10/h8-10,13H,1-7H2,(H,14,17)(H,15,16). The van der Waals surface area contributed by atoms with Crippen LogP contribution in [0.2, 0.25) is 0 Å². The fraction of sp³-hybridized carbons (Fsp3) is 0.833. The van der Waals surface area contributed by atoms with Gasteiger partial charge in [0.15, 0.2) is 6.61 Å². The van der Waals surface area contributed by atoms with Crippen molar-refractivity contribution in [1.29, 1.82) is 0 Å². The summed E-state index contributed by atoms with van der Waals surface area (Å²) in [5.41, 5.74) is 2.20. The SMILES string of the molecule is O=C(O)CONC(=O)C1CCC2CCCCC2N1. The summed E-state index contributed by atoms with van der Waals surface area (Å²) in [4.78, 5) is 26.6. The molecular formula is C12H20N2O4. The molecule has 1 aliphatic carbocycles. The van der Waals surface area contributed by atoms with Crippen LogP contribution >= 0.6 is 0 Å². The Morgan fingerprint density at radius 2 is 2.00 bits per heavy atom. The zero-order valence-corrected chi connectivity index (χ0v) is 10.4. The highest BCUT2D eigenvalue weighted by Gasteiger charge is 2.34. The first-order valence-corrected chi connectivity index (χ1v) is 6.56. The molecule has 1 saturated heterocycles. The Labute approximate surface area is 106 Å². The average molecular weight is 256 g/mol. The van der Waals surface area contributed by atoms with Crippen molar-refractivity contribution in [2.45, 2.75) is 50.6 Å². The van der Waals surface area contributed by atoms with E-state index in [1.807, 2.05) is 0 Å². The minimum atomic E-state index is -1.10. The summed E-state index contributed by atoms with van der Waals surface area (Å²) in [6.07, 6.45) is 6.75. The van der Waals surface area contributed by atoms with E-state index in [2.05, 4.69) is 15.6 Å². The van der Waals surface area contributed by atoms with Gasteiger partial charge in [0.1, 0.15) is 0 Å². The Balaban J connectivity index is 1.75. The molecule has 3 atom stereocenters. The molecule has 1 aliphatic heterocycles. The minimum Gasteiger partial charge on any atom is -0.479 e. The van der Waals surface area contributed by atoms with Crippen LogP contribution < -0.4 is 10.8 Å². The van der Waals surface area contributed by atoms with Crippen LogP contribution in [0.4, 0.5) is 0 Å². The highest BCUT2D eigenvalue weighted by molar-refractivity contribution is 5.81. The minimum absolute atomic E-state index is 0.252. The summed E-state index contributed by atoms with van der Waals surface area (Å²) in [6.45, 7) is -0.509. The number of carbonyl (C=O) groups is 2. The van der Waals surface area contributed by atoms with E-state index < -0.39 is 12.6 Å². The van der Waals surface area contributed by atoms with Crippen LogP contribution in [0.5, 0.6) is 0 Å². The number of carbonyl (C=O) groups excluding carboxylic acids is 1.